The Morgan fingerprint density at radius 1 is 0.387 bits per heavy atom. The van der Waals surface area contributed by atoms with Gasteiger partial charge in [-0.15, -0.1) is 0 Å². The van der Waals surface area contributed by atoms with Gasteiger partial charge >= 0.3 is 18.0 Å². The number of carbonyl (C=O) groups is 3. The Morgan fingerprint density at radius 2 is 0.694 bits per heavy atom. The molecule has 0 radical (unpaired) electrons. The van der Waals surface area contributed by atoms with Crippen molar-refractivity contribution in [3.05, 3.63) is 0 Å². The Bertz CT molecular complexity index is 913. The van der Waals surface area contributed by atoms with Gasteiger partial charge in [-0.25, -0.2) is 4.79 Å². The van der Waals surface area contributed by atoms with Gasteiger partial charge in [-0.3, -0.25) is 9.59 Å². The number of amides is 1. The molecule has 0 spiro atoms. The van der Waals surface area contributed by atoms with Crippen molar-refractivity contribution < 1.29 is 33.7 Å². The first-order valence-electron chi connectivity index (χ1n) is 26.8. The van der Waals surface area contributed by atoms with Crippen LogP contribution in [0.3, 0.4) is 0 Å². The molecule has 0 aliphatic carbocycles. The lowest BCUT2D eigenvalue weighted by atomic mass is 10.0. The van der Waals surface area contributed by atoms with Crippen LogP contribution in [0.4, 0.5) is 4.79 Å². The molecule has 1 N–H and O–H groups in total. The van der Waals surface area contributed by atoms with Crippen LogP contribution in [0, 0.1) is 0 Å². The average molecular weight is 881 g/mol. The molecule has 0 rings (SSSR count). The van der Waals surface area contributed by atoms with E-state index in [1.54, 1.807) is 4.90 Å². The van der Waals surface area contributed by atoms with E-state index >= 15 is 0 Å². The maximum absolute atomic E-state index is 13.3. The summed E-state index contributed by atoms with van der Waals surface area (Å²) in [6.07, 6.45) is 39.1. The van der Waals surface area contributed by atoms with Crippen LogP contribution in [0.1, 0.15) is 265 Å². The molecule has 0 fully saturated rings. The van der Waals surface area contributed by atoms with Gasteiger partial charge in [0.2, 0.25) is 0 Å². The Morgan fingerprint density at radius 3 is 1.02 bits per heavy atom. The molecule has 1 amide bonds. The van der Waals surface area contributed by atoms with Gasteiger partial charge in [0.15, 0.2) is 0 Å². The molecule has 0 saturated carbocycles. The summed E-state index contributed by atoms with van der Waals surface area (Å²) in [4.78, 5) is 42.5. The highest BCUT2D eigenvalue weighted by molar-refractivity contribution is 5.70. The summed E-state index contributed by atoms with van der Waals surface area (Å²) in [5.74, 6) is -0.0415. The van der Waals surface area contributed by atoms with Gasteiger partial charge in [-0.05, 0) is 117 Å². The lowest BCUT2D eigenvalue weighted by Crippen LogP contribution is -2.38. The van der Waals surface area contributed by atoms with Crippen LogP contribution >= 0.6 is 0 Å². The van der Waals surface area contributed by atoms with Crippen molar-refractivity contribution in [3.8, 4) is 0 Å². The van der Waals surface area contributed by atoms with Gasteiger partial charge in [0.25, 0.3) is 0 Å². The van der Waals surface area contributed by atoms with Crippen molar-refractivity contribution in [2.45, 2.75) is 284 Å². The van der Waals surface area contributed by atoms with Gasteiger partial charge in [0.1, 0.15) is 18.3 Å². The lowest BCUT2D eigenvalue weighted by molar-refractivity contribution is -0.151. The molecular formula is C53H104N2O7. The predicted octanol–water partition coefficient (Wildman–Crippen LogP) is 14.7. The van der Waals surface area contributed by atoms with Crippen molar-refractivity contribution in [2.24, 2.45) is 0 Å². The van der Waals surface area contributed by atoms with Gasteiger partial charge < -0.3 is 29.1 Å². The standard InChI is InChI=1S/C53H104N2O7/c1-7-11-15-27-36-48(37-28-16-12-8-2)60-51(57)42-33-25-21-19-23-31-40-50(62-53(59)55(46-47-56)45-35-44-54(5)6)41-32-24-20-22-26-34-43-52(58)61-49(38-29-17-13-9-3)39-30-18-14-10-4/h48-50,56H,7-47H2,1-6H3. The molecular weight excluding hydrogens is 777 g/mol. The first-order valence-corrected chi connectivity index (χ1v) is 26.8. The van der Waals surface area contributed by atoms with Crippen LogP contribution in [-0.4, -0.2) is 91.6 Å². The fourth-order valence-electron chi connectivity index (χ4n) is 8.38. The largest absolute Gasteiger partial charge is 0.462 e. The SMILES string of the molecule is CCCCCCC(CCCCCC)OC(=O)CCCCCCCCC(CCCCCCCCC(=O)OC(CCCCCC)CCCCCC)OC(=O)N(CCO)CCCN(C)C. The molecule has 0 saturated heterocycles. The smallest absolute Gasteiger partial charge is 0.410 e. The second-order valence-electron chi connectivity index (χ2n) is 18.8. The van der Waals surface area contributed by atoms with Crippen LogP contribution < -0.4 is 0 Å². The molecule has 0 unspecified atom stereocenters. The molecule has 0 aromatic rings. The summed E-state index contributed by atoms with van der Waals surface area (Å²) >= 11 is 0. The summed E-state index contributed by atoms with van der Waals surface area (Å²) in [7, 11) is 4.05. The summed E-state index contributed by atoms with van der Waals surface area (Å²) in [6.45, 7) is 10.6. The number of nitrogens with zero attached hydrogens (tertiary/aromatic N) is 2. The second-order valence-corrected chi connectivity index (χ2v) is 18.8. The molecule has 0 aliphatic rings. The molecule has 368 valence electrons. The van der Waals surface area contributed by atoms with E-state index in [-0.39, 0.29) is 49.5 Å². The fraction of sp³-hybridized carbons (Fsp3) is 0.943. The average Bonchev–Trinajstić information content (AvgIpc) is 3.25. The zero-order chi connectivity index (χ0) is 45.7. The first kappa shape index (κ1) is 60.1. The summed E-state index contributed by atoms with van der Waals surface area (Å²) in [6, 6.07) is 0. The van der Waals surface area contributed by atoms with Crippen molar-refractivity contribution in [3.63, 3.8) is 0 Å². The number of aliphatic hydroxyl groups excluding tert-OH is 1. The minimum atomic E-state index is -0.310. The highest BCUT2D eigenvalue weighted by Gasteiger charge is 2.20. The van der Waals surface area contributed by atoms with E-state index in [9.17, 15) is 19.5 Å². The minimum Gasteiger partial charge on any atom is -0.462 e. The number of hydrogen-bond acceptors (Lipinski definition) is 8. The van der Waals surface area contributed by atoms with E-state index in [0.29, 0.717) is 19.4 Å². The second kappa shape index (κ2) is 45.7. The Kier molecular flexibility index (Phi) is 44.3. The van der Waals surface area contributed by atoms with Crippen molar-refractivity contribution in [1.29, 1.82) is 0 Å². The monoisotopic (exact) mass is 881 g/mol. The van der Waals surface area contributed by atoms with Crippen LogP contribution in [0.5, 0.6) is 0 Å². The molecule has 9 heteroatoms. The zero-order valence-corrected chi connectivity index (χ0v) is 42.0. The third kappa shape index (κ3) is 39.7. The number of carbonyl (C=O) groups excluding carboxylic acids is 3. The summed E-state index contributed by atoms with van der Waals surface area (Å²) in [5, 5.41) is 9.67. The van der Waals surface area contributed by atoms with E-state index in [1.807, 2.05) is 14.1 Å². The summed E-state index contributed by atoms with van der Waals surface area (Å²) < 4.78 is 18.1. The van der Waals surface area contributed by atoms with Crippen LogP contribution in [0.25, 0.3) is 0 Å². The zero-order valence-electron chi connectivity index (χ0n) is 42.0. The number of unbranched alkanes of at least 4 members (excludes halogenated alkanes) is 22. The molecule has 62 heavy (non-hydrogen) atoms. The third-order valence-electron chi connectivity index (χ3n) is 12.4. The van der Waals surface area contributed by atoms with Crippen LogP contribution in [0.15, 0.2) is 0 Å². The van der Waals surface area contributed by atoms with Crippen molar-refractivity contribution in [1.82, 2.24) is 9.80 Å². The molecule has 0 bridgehead atoms. The topological polar surface area (TPSA) is 106 Å². The Hall–Kier alpha value is -1.87. The first-order chi connectivity index (χ1) is 30.2. The highest BCUT2D eigenvalue weighted by atomic mass is 16.6. The fourth-order valence-corrected chi connectivity index (χ4v) is 8.38. The van der Waals surface area contributed by atoms with E-state index in [1.165, 1.54) is 77.0 Å². The highest BCUT2D eigenvalue weighted by Crippen LogP contribution is 2.21. The predicted molar refractivity (Wildman–Crippen MR) is 261 cm³/mol. The number of esters is 2. The number of rotatable bonds is 47. The number of aliphatic hydroxyl groups is 1. The van der Waals surface area contributed by atoms with Gasteiger partial charge in [0, 0.05) is 25.9 Å². The molecule has 0 aromatic carbocycles. The minimum absolute atomic E-state index is 0.0207. The van der Waals surface area contributed by atoms with Crippen molar-refractivity contribution >= 4 is 18.0 Å². The van der Waals surface area contributed by atoms with E-state index in [2.05, 4.69) is 32.6 Å². The molecule has 0 aromatic heterocycles. The maximum Gasteiger partial charge on any atom is 0.410 e. The summed E-state index contributed by atoms with van der Waals surface area (Å²) in [5.41, 5.74) is 0. The normalized spacial score (nSPS) is 11.7. The molecule has 9 nitrogen and oxygen atoms in total. The molecule has 0 atom stereocenters. The third-order valence-corrected chi connectivity index (χ3v) is 12.4. The van der Waals surface area contributed by atoms with E-state index in [4.69, 9.17) is 14.2 Å². The lowest BCUT2D eigenvalue weighted by Gasteiger charge is -2.26. The van der Waals surface area contributed by atoms with E-state index < -0.39 is 0 Å². The van der Waals surface area contributed by atoms with Crippen molar-refractivity contribution in [2.75, 3.05) is 40.3 Å². The van der Waals surface area contributed by atoms with Crippen LogP contribution in [0.2, 0.25) is 0 Å². The van der Waals surface area contributed by atoms with Crippen LogP contribution in [-0.2, 0) is 23.8 Å². The number of ether oxygens (including phenoxy) is 3. The van der Waals surface area contributed by atoms with Gasteiger partial charge in [-0.1, -0.05) is 156 Å². The van der Waals surface area contributed by atoms with Gasteiger partial charge in [0.05, 0.1) is 6.61 Å². The quantitative estimate of drug-likeness (QED) is 0.0366. The molecule has 0 heterocycles. The Labute approximate surface area is 384 Å². The van der Waals surface area contributed by atoms with Gasteiger partial charge in [-0.2, -0.15) is 0 Å². The Balaban J connectivity index is 4.76. The number of hydrogen-bond donors (Lipinski definition) is 1. The maximum atomic E-state index is 13.3. The van der Waals surface area contributed by atoms with E-state index in [0.717, 1.165) is 154 Å². The molecule has 0 aliphatic heterocycles.